The van der Waals surface area contributed by atoms with E-state index in [1.165, 1.54) is 23.3 Å². The van der Waals surface area contributed by atoms with E-state index in [9.17, 15) is 14.0 Å². The topological polar surface area (TPSA) is 70.5 Å². The van der Waals surface area contributed by atoms with Crippen molar-refractivity contribution >= 4 is 22.7 Å². The molecule has 4 atom stereocenters. The molecule has 1 N–H and O–H groups in total. The first-order chi connectivity index (χ1) is 19.2. The predicted molar refractivity (Wildman–Crippen MR) is 154 cm³/mol. The van der Waals surface area contributed by atoms with Gasteiger partial charge in [-0.05, 0) is 81.7 Å². The number of carbonyl (C=O) groups is 2. The van der Waals surface area contributed by atoms with Crippen molar-refractivity contribution in [3.63, 3.8) is 0 Å². The van der Waals surface area contributed by atoms with E-state index in [1.807, 2.05) is 35.6 Å². The summed E-state index contributed by atoms with van der Waals surface area (Å²) in [4.78, 5) is 34.9. The highest BCUT2D eigenvalue weighted by atomic mass is 19.1. The third kappa shape index (κ3) is 4.62. The molecule has 0 radical (unpaired) electrons. The largest absolute Gasteiger partial charge is 0.341 e. The van der Waals surface area contributed by atoms with Crippen LogP contribution in [0.5, 0.6) is 0 Å². The number of nitrogens with one attached hydrogen (secondary N) is 1. The minimum atomic E-state index is -0.443. The lowest BCUT2D eigenvalue weighted by atomic mass is 9.92. The van der Waals surface area contributed by atoms with Crippen LogP contribution in [0, 0.1) is 11.7 Å². The third-order valence-electron chi connectivity index (χ3n) is 9.32. The van der Waals surface area contributed by atoms with Crippen LogP contribution in [0.3, 0.4) is 0 Å². The van der Waals surface area contributed by atoms with E-state index in [-0.39, 0.29) is 35.7 Å². The number of hydrogen-bond acceptors (Lipinski definition) is 4. The van der Waals surface area contributed by atoms with E-state index >= 15 is 0 Å². The standard InChI is InChI=1S/C32H38FN5O2/c1-19(2)36(4)31(39)26-15-22(33)7-8-28(26)38-18-27(24-9-11-34-17-29(24)38)21-6-5-12-37(13-10-21)32(40)30-25-16-23(35-30)14-20(25)3/h7-9,11,15,17-19,21,23,25,30,35H,3,5-6,10,12-14,16H2,1-2,4H3/t21?,23-,25-,30+/m1/s1. The van der Waals surface area contributed by atoms with E-state index < -0.39 is 5.82 Å². The number of aromatic nitrogens is 2. The van der Waals surface area contributed by atoms with Crippen LogP contribution < -0.4 is 5.32 Å². The first-order valence-electron chi connectivity index (χ1n) is 14.5. The van der Waals surface area contributed by atoms with Crippen LogP contribution in [0.4, 0.5) is 4.39 Å². The molecule has 1 unspecified atom stereocenters. The summed E-state index contributed by atoms with van der Waals surface area (Å²) < 4.78 is 16.4. The quantitative estimate of drug-likeness (QED) is 0.458. The summed E-state index contributed by atoms with van der Waals surface area (Å²) in [7, 11) is 1.74. The van der Waals surface area contributed by atoms with Gasteiger partial charge in [0.2, 0.25) is 5.91 Å². The Balaban J connectivity index is 1.30. The Morgan fingerprint density at radius 1 is 1.20 bits per heavy atom. The molecule has 210 valence electrons. The molecule has 1 saturated carbocycles. The maximum Gasteiger partial charge on any atom is 0.256 e. The molecule has 7 nitrogen and oxygen atoms in total. The first kappa shape index (κ1) is 26.7. The van der Waals surface area contributed by atoms with Gasteiger partial charge in [-0.15, -0.1) is 0 Å². The molecular weight excluding hydrogens is 505 g/mol. The van der Waals surface area contributed by atoms with Crippen LogP contribution >= 0.6 is 0 Å². The van der Waals surface area contributed by atoms with E-state index in [2.05, 4.69) is 23.1 Å². The van der Waals surface area contributed by atoms with Crippen molar-refractivity contribution in [1.82, 2.24) is 24.7 Å². The van der Waals surface area contributed by atoms with Crippen molar-refractivity contribution < 1.29 is 14.0 Å². The zero-order valence-electron chi connectivity index (χ0n) is 23.6. The van der Waals surface area contributed by atoms with Gasteiger partial charge < -0.3 is 19.7 Å². The molecule has 2 aromatic heterocycles. The Morgan fingerprint density at radius 3 is 2.77 bits per heavy atom. The second-order valence-corrected chi connectivity index (χ2v) is 12.0. The lowest BCUT2D eigenvalue weighted by Crippen LogP contribution is -2.50. The lowest BCUT2D eigenvalue weighted by Gasteiger charge is -2.30. The summed E-state index contributed by atoms with van der Waals surface area (Å²) in [6.07, 6.45) is 10.5. The Morgan fingerprint density at radius 2 is 2.02 bits per heavy atom. The summed E-state index contributed by atoms with van der Waals surface area (Å²) in [5.41, 5.74) is 4.23. The number of pyridine rings is 1. The normalized spacial score (nSPS) is 24.6. The van der Waals surface area contributed by atoms with Crippen LogP contribution in [0.1, 0.15) is 67.8 Å². The highest BCUT2D eigenvalue weighted by Gasteiger charge is 2.46. The number of amides is 2. The van der Waals surface area contributed by atoms with Gasteiger partial charge in [-0.1, -0.05) is 12.2 Å². The zero-order valence-corrected chi connectivity index (χ0v) is 23.6. The number of hydrogen-bond donors (Lipinski definition) is 1. The summed E-state index contributed by atoms with van der Waals surface area (Å²) in [6.45, 7) is 9.57. The molecule has 2 amide bonds. The number of carbonyl (C=O) groups excluding carboxylic acids is 2. The molecule has 1 aromatic carbocycles. The molecule has 6 rings (SSSR count). The molecule has 8 heteroatoms. The molecule has 0 spiro atoms. The van der Waals surface area contributed by atoms with Crippen molar-refractivity contribution in [2.24, 2.45) is 5.92 Å². The molecule has 2 bridgehead atoms. The average Bonchev–Trinajstić information content (AvgIpc) is 3.59. The Labute approximate surface area is 235 Å². The average molecular weight is 544 g/mol. The Hall–Kier alpha value is -3.52. The van der Waals surface area contributed by atoms with Crippen LogP contribution in [0.2, 0.25) is 0 Å². The van der Waals surface area contributed by atoms with Gasteiger partial charge in [0.05, 0.1) is 29.0 Å². The van der Waals surface area contributed by atoms with Crippen molar-refractivity contribution in [1.29, 1.82) is 0 Å². The minimum Gasteiger partial charge on any atom is -0.341 e. The number of benzene rings is 1. The monoisotopic (exact) mass is 543 g/mol. The van der Waals surface area contributed by atoms with E-state index in [1.54, 1.807) is 24.2 Å². The summed E-state index contributed by atoms with van der Waals surface area (Å²) in [5, 5.41) is 4.61. The minimum absolute atomic E-state index is 0.0217. The second kappa shape index (κ2) is 10.5. The predicted octanol–water partition coefficient (Wildman–Crippen LogP) is 5.05. The van der Waals surface area contributed by atoms with E-state index in [4.69, 9.17) is 0 Å². The van der Waals surface area contributed by atoms with Gasteiger partial charge in [0.15, 0.2) is 0 Å². The number of nitrogens with zero attached hydrogens (tertiary/aromatic N) is 4. The zero-order chi connectivity index (χ0) is 28.1. The Kier molecular flexibility index (Phi) is 6.98. The fraction of sp³-hybridized carbons (Fsp3) is 0.469. The summed E-state index contributed by atoms with van der Waals surface area (Å²) in [6, 6.07) is 6.67. The maximum absolute atomic E-state index is 14.4. The fourth-order valence-electron chi connectivity index (χ4n) is 6.90. The SMILES string of the molecule is C=C1C[C@@H]2C[C@H]1[C@@H](C(=O)N1CCCC(c3cn(-c4ccc(F)cc4C(=O)N(C)C(C)C)c4cnccc34)CC1)N2. The Bertz CT molecular complexity index is 1480. The molecular formula is C32H38FN5O2. The third-order valence-corrected chi connectivity index (χ3v) is 9.32. The molecule has 4 heterocycles. The van der Waals surface area contributed by atoms with Gasteiger partial charge in [0, 0.05) is 55.9 Å². The molecule has 3 aromatic rings. The molecule has 40 heavy (non-hydrogen) atoms. The molecule has 2 saturated heterocycles. The summed E-state index contributed by atoms with van der Waals surface area (Å²) >= 11 is 0. The van der Waals surface area contributed by atoms with Gasteiger partial charge in [0.1, 0.15) is 5.82 Å². The van der Waals surface area contributed by atoms with Crippen molar-refractivity contribution in [3.8, 4) is 5.69 Å². The summed E-state index contributed by atoms with van der Waals surface area (Å²) in [5.74, 6) is 0.0667. The molecule has 3 fully saturated rings. The number of rotatable bonds is 5. The number of fused-ring (bicyclic) bond motifs is 3. The maximum atomic E-state index is 14.4. The van der Waals surface area contributed by atoms with Gasteiger partial charge in [-0.2, -0.15) is 0 Å². The van der Waals surface area contributed by atoms with E-state index in [0.29, 0.717) is 23.8 Å². The van der Waals surface area contributed by atoms with Crippen LogP contribution in [-0.4, -0.2) is 69.4 Å². The van der Waals surface area contributed by atoms with Crippen LogP contribution in [0.15, 0.2) is 55.0 Å². The first-order valence-corrected chi connectivity index (χ1v) is 14.5. The van der Waals surface area contributed by atoms with Crippen molar-refractivity contribution in [2.45, 2.75) is 70.0 Å². The van der Waals surface area contributed by atoms with Crippen molar-refractivity contribution in [2.75, 3.05) is 20.1 Å². The highest BCUT2D eigenvalue weighted by molar-refractivity contribution is 5.99. The smallest absolute Gasteiger partial charge is 0.256 e. The molecule has 3 aliphatic rings. The lowest BCUT2D eigenvalue weighted by molar-refractivity contribution is -0.134. The highest BCUT2D eigenvalue weighted by Crippen LogP contribution is 2.40. The van der Waals surface area contributed by atoms with E-state index in [0.717, 1.165) is 49.6 Å². The van der Waals surface area contributed by atoms with Crippen LogP contribution in [0.25, 0.3) is 16.6 Å². The van der Waals surface area contributed by atoms with Crippen molar-refractivity contribution in [3.05, 3.63) is 72.0 Å². The second-order valence-electron chi connectivity index (χ2n) is 12.0. The number of piperidine rings is 1. The molecule has 2 aliphatic heterocycles. The fourth-order valence-corrected chi connectivity index (χ4v) is 6.90. The van der Waals surface area contributed by atoms with Crippen LogP contribution in [-0.2, 0) is 4.79 Å². The molecule has 1 aliphatic carbocycles. The van der Waals surface area contributed by atoms with Gasteiger partial charge in [0.25, 0.3) is 5.91 Å². The van der Waals surface area contributed by atoms with Gasteiger partial charge >= 0.3 is 0 Å². The van der Waals surface area contributed by atoms with Gasteiger partial charge in [-0.3, -0.25) is 14.6 Å². The number of halogens is 1. The van der Waals surface area contributed by atoms with Gasteiger partial charge in [-0.25, -0.2) is 4.39 Å². The number of likely N-dealkylation sites (tertiary alicyclic amines) is 1.